The zero-order valence-electron chi connectivity index (χ0n) is 10.6. The van der Waals surface area contributed by atoms with Crippen molar-refractivity contribution in [3.8, 4) is 0 Å². The molecule has 0 bridgehead atoms. The number of nitrogens with two attached hydrogens (primary N) is 1. The Morgan fingerprint density at radius 1 is 1.53 bits per heavy atom. The first kappa shape index (κ1) is 12.6. The first-order valence-corrected chi connectivity index (χ1v) is 6.62. The molecule has 0 radical (unpaired) electrons. The van der Waals surface area contributed by atoms with E-state index in [-0.39, 0.29) is 11.2 Å². The zero-order chi connectivity index (χ0) is 12.3. The Morgan fingerprint density at radius 3 is 3.06 bits per heavy atom. The molecule has 1 aliphatic heterocycles. The maximum absolute atomic E-state index is 13.6. The van der Waals surface area contributed by atoms with Gasteiger partial charge in [0.1, 0.15) is 0 Å². The van der Waals surface area contributed by atoms with Gasteiger partial charge in [0.2, 0.25) is 0 Å². The van der Waals surface area contributed by atoms with Crippen molar-refractivity contribution in [3.63, 3.8) is 0 Å². The van der Waals surface area contributed by atoms with Gasteiger partial charge in [0, 0.05) is 5.41 Å². The van der Waals surface area contributed by atoms with Crippen molar-refractivity contribution in [2.75, 3.05) is 13.2 Å². The number of halogens is 1. The van der Waals surface area contributed by atoms with Crippen LogP contribution in [0.2, 0.25) is 0 Å². The Hall–Kier alpha value is -0.830. The van der Waals surface area contributed by atoms with Gasteiger partial charge in [0.25, 0.3) is 0 Å². The van der Waals surface area contributed by atoms with E-state index in [1.54, 1.807) is 6.08 Å². The lowest BCUT2D eigenvalue weighted by Crippen LogP contribution is -2.32. The highest BCUT2D eigenvalue weighted by atomic mass is 19.1. The molecule has 0 saturated heterocycles. The molecule has 2 N–H and O–H groups in total. The van der Waals surface area contributed by atoms with Crippen LogP contribution in [0.3, 0.4) is 0 Å². The fourth-order valence-electron chi connectivity index (χ4n) is 2.86. The Morgan fingerprint density at radius 2 is 2.35 bits per heavy atom. The van der Waals surface area contributed by atoms with Crippen molar-refractivity contribution in [1.82, 2.24) is 0 Å². The van der Waals surface area contributed by atoms with Crippen LogP contribution in [-0.2, 0) is 4.74 Å². The summed E-state index contributed by atoms with van der Waals surface area (Å²) in [5.74, 6) is 0.378. The summed E-state index contributed by atoms with van der Waals surface area (Å²) in [6.07, 6.45) is 7.57. The summed E-state index contributed by atoms with van der Waals surface area (Å²) in [5, 5.41) is 0. The van der Waals surface area contributed by atoms with Crippen molar-refractivity contribution >= 4 is 0 Å². The van der Waals surface area contributed by atoms with Gasteiger partial charge >= 0.3 is 0 Å². The van der Waals surface area contributed by atoms with Gasteiger partial charge in [0.15, 0.2) is 11.6 Å². The highest BCUT2D eigenvalue weighted by Crippen LogP contribution is 2.45. The number of hydrogen-bond donors (Lipinski definition) is 1. The summed E-state index contributed by atoms with van der Waals surface area (Å²) in [7, 11) is 0. The monoisotopic (exact) mass is 239 g/mol. The second-order valence-electron chi connectivity index (χ2n) is 5.23. The van der Waals surface area contributed by atoms with Crippen molar-refractivity contribution in [2.45, 2.75) is 45.4 Å². The molecule has 0 aromatic heterocycles. The topological polar surface area (TPSA) is 35.2 Å². The van der Waals surface area contributed by atoms with Gasteiger partial charge in [-0.2, -0.15) is 0 Å². The van der Waals surface area contributed by atoms with Gasteiger partial charge in [0.05, 0.1) is 6.61 Å². The van der Waals surface area contributed by atoms with Crippen LogP contribution < -0.4 is 5.73 Å². The van der Waals surface area contributed by atoms with Gasteiger partial charge in [-0.25, -0.2) is 4.39 Å². The predicted molar refractivity (Wildman–Crippen MR) is 67.0 cm³/mol. The lowest BCUT2D eigenvalue weighted by molar-refractivity contribution is 0.0497. The minimum atomic E-state index is -0.158. The summed E-state index contributed by atoms with van der Waals surface area (Å²) in [6.45, 7) is 3.56. The van der Waals surface area contributed by atoms with Crippen LogP contribution in [0, 0.1) is 5.41 Å². The molecule has 0 saturated carbocycles. The van der Waals surface area contributed by atoms with E-state index in [1.807, 2.05) is 0 Å². The van der Waals surface area contributed by atoms with Gasteiger partial charge in [-0.1, -0.05) is 6.92 Å². The quantitative estimate of drug-likeness (QED) is 0.815. The van der Waals surface area contributed by atoms with Crippen molar-refractivity contribution in [3.05, 3.63) is 23.2 Å². The van der Waals surface area contributed by atoms with Crippen LogP contribution >= 0.6 is 0 Å². The Balaban J connectivity index is 2.13. The number of rotatable bonds is 4. The minimum absolute atomic E-state index is 0.158. The van der Waals surface area contributed by atoms with E-state index in [0.717, 1.165) is 45.1 Å². The fourth-order valence-corrected chi connectivity index (χ4v) is 2.86. The van der Waals surface area contributed by atoms with Crippen molar-refractivity contribution in [1.29, 1.82) is 0 Å². The predicted octanol–water partition coefficient (Wildman–Crippen LogP) is 3.44. The maximum atomic E-state index is 13.6. The first-order valence-electron chi connectivity index (χ1n) is 6.62. The van der Waals surface area contributed by atoms with Crippen LogP contribution in [-0.4, -0.2) is 13.2 Å². The average molecular weight is 239 g/mol. The van der Waals surface area contributed by atoms with Gasteiger partial charge < -0.3 is 10.5 Å². The molecule has 2 nitrogen and oxygen atoms in total. The van der Waals surface area contributed by atoms with E-state index in [2.05, 4.69) is 6.92 Å². The van der Waals surface area contributed by atoms with E-state index < -0.39 is 0 Å². The van der Waals surface area contributed by atoms with Crippen molar-refractivity contribution in [2.24, 2.45) is 11.1 Å². The van der Waals surface area contributed by atoms with Crippen molar-refractivity contribution < 1.29 is 9.13 Å². The summed E-state index contributed by atoms with van der Waals surface area (Å²) < 4.78 is 19.3. The molecular formula is C14H22FNO. The van der Waals surface area contributed by atoms with Crippen LogP contribution in [0.25, 0.3) is 0 Å². The van der Waals surface area contributed by atoms with Gasteiger partial charge in [-0.3, -0.25) is 0 Å². The standard InChI is InChI=1S/C14H22FNO/c1-2-14(7-4-8-16)9-11-5-3-6-12(15)13(11)17-10-14/h6H,2-5,7-10,16H2,1H3. The summed E-state index contributed by atoms with van der Waals surface area (Å²) in [4.78, 5) is 0. The summed E-state index contributed by atoms with van der Waals surface area (Å²) in [6, 6.07) is 0. The fraction of sp³-hybridized carbons (Fsp3) is 0.714. The second-order valence-corrected chi connectivity index (χ2v) is 5.23. The Bertz CT molecular complexity index is 348. The van der Waals surface area contributed by atoms with Crippen LogP contribution in [0.4, 0.5) is 4.39 Å². The summed E-state index contributed by atoms with van der Waals surface area (Å²) >= 11 is 0. The van der Waals surface area contributed by atoms with E-state index in [4.69, 9.17) is 10.5 Å². The number of ether oxygens (including phenoxy) is 1. The molecule has 1 atom stereocenters. The largest absolute Gasteiger partial charge is 0.490 e. The first-order chi connectivity index (χ1) is 8.21. The minimum Gasteiger partial charge on any atom is -0.490 e. The summed E-state index contributed by atoms with van der Waals surface area (Å²) in [5.41, 5.74) is 6.96. The average Bonchev–Trinajstić information content (AvgIpc) is 2.36. The van der Waals surface area contributed by atoms with E-state index in [0.29, 0.717) is 12.4 Å². The number of allylic oxidation sites excluding steroid dienone is 3. The SMILES string of the molecule is CCC1(CCCN)COC2=C(CCC=C2F)C1. The van der Waals surface area contributed by atoms with E-state index >= 15 is 0 Å². The van der Waals surface area contributed by atoms with Gasteiger partial charge in [-0.15, -0.1) is 0 Å². The van der Waals surface area contributed by atoms with Gasteiger partial charge in [-0.05, 0) is 56.7 Å². The molecule has 3 heteroatoms. The third-order valence-corrected chi connectivity index (χ3v) is 4.08. The molecule has 96 valence electrons. The molecular weight excluding hydrogens is 217 g/mol. The normalized spacial score (nSPS) is 28.5. The Labute approximate surface area is 103 Å². The number of hydrogen-bond acceptors (Lipinski definition) is 2. The molecule has 2 rings (SSSR count). The van der Waals surface area contributed by atoms with Crippen LogP contribution in [0.5, 0.6) is 0 Å². The molecule has 0 aromatic rings. The second kappa shape index (κ2) is 5.21. The molecule has 17 heavy (non-hydrogen) atoms. The molecule has 1 unspecified atom stereocenters. The third-order valence-electron chi connectivity index (χ3n) is 4.08. The lowest BCUT2D eigenvalue weighted by atomic mass is 9.73. The molecule has 0 amide bonds. The smallest absolute Gasteiger partial charge is 0.161 e. The van der Waals surface area contributed by atoms with Crippen LogP contribution in [0.15, 0.2) is 23.2 Å². The molecule has 0 aromatic carbocycles. The zero-order valence-corrected chi connectivity index (χ0v) is 10.6. The molecule has 1 aliphatic carbocycles. The molecule has 1 heterocycles. The highest BCUT2D eigenvalue weighted by Gasteiger charge is 2.36. The molecule has 0 fully saturated rings. The van der Waals surface area contributed by atoms with E-state index in [9.17, 15) is 4.39 Å². The maximum Gasteiger partial charge on any atom is 0.161 e. The Kier molecular flexibility index (Phi) is 3.87. The lowest BCUT2D eigenvalue weighted by Gasteiger charge is -2.39. The van der Waals surface area contributed by atoms with Crippen LogP contribution in [0.1, 0.15) is 45.4 Å². The molecule has 2 aliphatic rings. The third kappa shape index (κ3) is 2.54. The molecule has 0 spiro atoms. The van der Waals surface area contributed by atoms with E-state index in [1.165, 1.54) is 5.57 Å². The highest BCUT2D eigenvalue weighted by molar-refractivity contribution is 5.32.